The molecule has 0 unspecified atom stereocenters. The second-order valence-corrected chi connectivity index (χ2v) is 5.55. The van der Waals surface area contributed by atoms with E-state index in [9.17, 15) is 14.7 Å². The third-order valence-electron chi connectivity index (χ3n) is 3.65. The summed E-state index contributed by atoms with van der Waals surface area (Å²) in [5.74, 6) is -1.15. The number of aromatic hydroxyl groups is 1. The van der Waals surface area contributed by atoms with Gasteiger partial charge in [-0.15, -0.1) is 0 Å². The van der Waals surface area contributed by atoms with E-state index in [2.05, 4.69) is 15.6 Å². The van der Waals surface area contributed by atoms with Crippen LogP contribution in [0.15, 0.2) is 60.9 Å². The maximum atomic E-state index is 12.0. The number of nitrogens with two attached hydrogens (primary N) is 1. The van der Waals surface area contributed by atoms with Crippen LogP contribution in [0.25, 0.3) is 0 Å². The number of benzene rings is 2. The van der Waals surface area contributed by atoms with Crippen molar-refractivity contribution in [1.82, 2.24) is 9.55 Å². The van der Waals surface area contributed by atoms with Gasteiger partial charge < -0.3 is 26.0 Å². The summed E-state index contributed by atoms with van der Waals surface area (Å²) in [4.78, 5) is 27.0. The Balaban J connectivity index is 1.64. The first-order valence-electron chi connectivity index (χ1n) is 7.79. The predicted octanol–water partition coefficient (Wildman–Crippen LogP) is 2.38. The summed E-state index contributed by atoms with van der Waals surface area (Å²) < 4.78 is 1.46. The van der Waals surface area contributed by atoms with Crippen molar-refractivity contribution in [2.75, 3.05) is 10.6 Å². The van der Waals surface area contributed by atoms with E-state index in [1.54, 1.807) is 36.4 Å². The van der Waals surface area contributed by atoms with Crippen LogP contribution in [-0.2, 0) is 6.54 Å². The Hall–Kier alpha value is -3.81. The van der Waals surface area contributed by atoms with Gasteiger partial charge in [0.25, 0.3) is 5.91 Å². The van der Waals surface area contributed by atoms with Crippen LogP contribution >= 0.6 is 0 Å². The zero-order valence-corrected chi connectivity index (χ0v) is 13.7. The standard InChI is InChI=1S/C18H17N5O3/c19-16(24)15-17(25)20-11-23(15)10-12-6-8-14(9-7-12)22-18(26)21-13-4-2-1-3-5-13/h1-9,11,25H,10H2,(H2,19,24)(H2,21,22,26). The Bertz CT molecular complexity index is 920. The van der Waals surface area contributed by atoms with Gasteiger partial charge in [0, 0.05) is 17.9 Å². The lowest BCUT2D eigenvalue weighted by molar-refractivity contribution is 0.0989. The first kappa shape index (κ1) is 17.0. The van der Waals surface area contributed by atoms with Crippen LogP contribution in [0, 0.1) is 0 Å². The SMILES string of the molecule is NC(=O)c1c(O)ncn1Cc1ccc(NC(=O)Nc2ccccc2)cc1. The van der Waals surface area contributed by atoms with E-state index in [4.69, 9.17) is 5.73 Å². The maximum absolute atomic E-state index is 12.0. The van der Waals surface area contributed by atoms with Gasteiger partial charge in [-0.25, -0.2) is 9.78 Å². The van der Waals surface area contributed by atoms with Gasteiger partial charge in [-0.05, 0) is 29.8 Å². The van der Waals surface area contributed by atoms with Crippen LogP contribution in [-0.4, -0.2) is 26.6 Å². The number of rotatable bonds is 5. The minimum atomic E-state index is -0.754. The van der Waals surface area contributed by atoms with E-state index in [1.807, 2.05) is 18.2 Å². The molecule has 0 aliphatic rings. The van der Waals surface area contributed by atoms with Gasteiger partial charge in [-0.3, -0.25) is 4.79 Å². The van der Waals surface area contributed by atoms with Crippen molar-refractivity contribution >= 4 is 23.3 Å². The molecular formula is C18H17N5O3. The number of hydrogen-bond acceptors (Lipinski definition) is 4. The van der Waals surface area contributed by atoms with Crippen molar-refractivity contribution in [3.05, 3.63) is 72.2 Å². The Morgan fingerprint density at radius 1 is 1.00 bits per heavy atom. The summed E-state index contributed by atoms with van der Waals surface area (Å²) in [5, 5.41) is 15.0. The summed E-state index contributed by atoms with van der Waals surface area (Å²) in [7, 11) is 0. The van der Waals surface area contributed by atoms with Crippen LogP contribution < -0.4 is 16.4 Å². The molecule has 0 saturated heterocycles. The minimum Gasteiger partial charge on any atom is -0.492 e. The largest absolute Gasteiger partial charge is 0.492 e. The molecule has 0 bridgehead atoms. The number of carbonyl (C=O) groups is 2. The fraction of sp³-hybridized carbons (Fsp3) is 0.0556. The number of aromatic nitrogens is 2. The first-order chi connectivity index (χ1) is 12.5. The molecule has 0 saturated carbocycles. The van der Waals surface area contributed by atoms with E-state index < -0.39 is 11.8 Å². The summed E-state index contributed by atoms with van der Waals surface area (Å²) in [6, 6.07) is 15.8. The molecule has 8 heteroatoms. The molecule has 8 nitrogen and oxygen atoms in total. The number of hydrogen-bond donors (Lipinski definition) is 4. The summed E-state index contributed by atoms with van der Waals surface area (Å²) >= 11 is 0. The topological polar surface area (TPSA) is 122 Å². The minimum absolute atomic E-state index is 0.0468. The molecule has 132 valence electrons. The molecule has 2 aromatic carbocycles. The summed E-state index contributed by atoms with van der Waals surface area (Å²) in [6.07, 6.45) is 1.34. The number of imidazole rings is 1. The average Bonchev–Trinajstić information content (AvgIpc) is 2.98. The number of primary amides is 1. The molecule has 0 radical (unpaired) electrons. The van der Waals surface area contributed by atoms with Gasteiger partial charge in [0.1, 0.15) is 0 Å². The van der Waals surface area contributed by atoms with E-state index in [0.717, 1.165) is 5.56 Å². The molecule has 3 amide bonds. The third-order valence-corrected chi connectivity index (χ3v) is 3.65. The van der Waals surface area contributed by atoms with E-state index in [-0.39, 0.29) is 11.7 Å². The lowest BCUT2D eigenvalue weighted by Crippen LogP contribution is -2.19. The first-order valence-corrected chi connectivity index (χ1v) is 7.79. The van der Waals surface area contributed by atoms with Gasteiger partial charge in [-0.1, -0.05) is 30.3 Å². The number of carbonyl (C=O) groups excluding carboxylic acids is 2. The molecule has 1 heterocycles. The molecule has 3 aromatic rings. The van der Waals surface area contributed by atoms with Gasteiger partial charge in [0.2, 0.25) is 5.88 Å². The van der Waals surface area contributed by atoms with Crippen molar-refractivity contribution in [3.8, 4) is 5.88 Å². The molecule has 26 heavy (non-hydrogen) atoms. The fourth-order valence-corrected chi connectivity index (χ4v) is 2.45. The van der Waals surface area contributed by atoms with Crippen molar-refractivity contribution < 1.29 is 14.7 Å². The zero-order chi connectivity index (χ0) is 18.5. The van der Waals surface area contributed by atoms with Crippen molar-refractivity contribution in [3.63, 3.8) is 0 Å². The van der Waals surface area contributed by atoms with Crippen molar-refractivity contribution in [2.24, 2.45) is 5.73 Å². The summed E-state index contributed by atoms with van der Waals surface area (Å²) in [6.45, 7) is 0.308. The molecule has 1 aromatic heterocycles. The van der Waals surface area contributed by atoms with E-state index >= 15 is 0 Å². The lowest BCUT2D eigenvalue weighted by Gasteiger charge is -2.09. The van der Waals surface area contributed by atoms with Crippen molar-refractivity contribution in [1.29, 1.82) is 0 Å². The number of urea groups is 1. The third kappa shape index (κ3) is 3.99. The molecule has 0 aliphatic carbocycles. The second kappa shape index (κ2) is 7.39. The molecule has 0 atom stereocenters. The highest BCUT2D eigenvalue weighted by molar-refractivity contribution is 5.99. The van der Waals surface area contributed by atoms with Gasteiger partial charge in [-0.2, -0.15) is 0 Å². The van der Waals surface area contributed by atoms with Crippen LogP contribution in [0.1, 0.15) is 16.1 Å². The number of nitrogens with zero attached hydrogens (tertiary/aromatic N) is 2. The number of nitrogens with one attached hydrogen (secondary N) is 2. The van der Waals surface area contributed by atoms with Gasteiger partial charge in [0.15, 0.2) is 5.69 Å². The Morgan fingerprint density at radius 2 is 1.62 bits per heavy atom. The van der Waals surface area contributed by atoms with E-state index in [1.165, 1.54) is 10.9 Å². The highest BCUT2D eigenvalue weighted by atomic mass is 16.3. The molecule has 0 fully saturated rings. The van der Waals surface area contributed by atoms with Crippen LogP contribution in [0.3, 0.4) is 0 Å². The van der Waals surface area contributed by atoms with Crippen LogP contribution in [0.5, 0.6) is 5.88 Å². The zero-order valence-electron chi connectivity index (χ0n) is 13.7. The van der Waals surface area contributed by atoms with E-state index in [0.29, 0.717) is 17.9 Å². The smallest absolute Gasteiger partial charge is 0.323 e. The molecule has 0 spiro atoms. The Kier molecular flexibility index (Phi) is 4.84. The number of para-hydroxylation sites is 1. The van der Waals surface area contributed by atoms with Gasteiger partial charge >= 0.3 is 6.03 Å². The second-order valence-electron chi connectivity index (χ2n) is 5.55. The predicted molar refractivity (Wildman–Crippen MR) is 97.0 cm³/mol. The summed E-state index contributed by atoms with van der Waals surface area (Å²) in [5.41, 5.74) is 7.35. The molecule has 0 aliphatic heterocycles. The van der Waals surface area contributed by atoms with Crippen LogP contribution in [0.2, 0.25) is 0 Å². The van der Waals surface area contributed by atoms with Crippen LogP contribution in [0.4, 0.5) is 16.2 Å². The quantitative estimate of drug-likeness (QED) is 0.563. The Labute approximate surface area is 149 Å². The average molecular weight is 351 g/mol. The van der Waals surface area contributed by atoms with Gasteiger partial charge in [0.05, 0.1) is 6.33 Å². The number of amides is 3. The normalized spacial score (nSPS) is 10.3. The molecular weight excluding hydrogens is 334 g/mol. The lowest BCUT2D eigenvalue weighted by atomic mass is 10.2. The number of anilines is 2. The molecule has 3 rings (SSSR count). The van der Waals surface area contributed by atoms with Crippen molar-refractivity contribution in [2.45, 2.75) is 6.54 Å². The highest BCUT2D eigenvalue weighted by Gasteiger charge is 2.15. The maximum Gasteiger partial charge on any atom is 0.323 e. The highest BCUT2D eigenvalue weighted by Crippen LogP contribution is 2.17. The Morgan fingerprint density at radius 3 is 2.23 bits per heavy atom. The monoisotopic (exact) mass is 351 g/mol. The molecule has 5 N–H and O–H groups in total. The fourth-order valence-electron chi connectivity index (χ4n) is 2.45.